The van der Waals surface area contributed by atoms with Crippen molar-refractivity contribution < 1.29 is 5.11 Å². The largest absolute Gasteiger partial charge is 0.384 e. The van der Waals surface area contributed by atoms with E-state index in [4.69, 9.17) is 11.6 Å². The van der Waals surface area contributed by atoms with Gasteiger partial charge in [0.2, 0.25) is 0 Å². The van der Waals surface area contributed by atoms with Gasteiger partial charge in [0.25, 0.3) is 0 Å². The van der Waals surface area contributed by atoms with E-state index in [9.17, 15) is 5.11 Å². The maximum atomic E-state index is 10.8. The second-order valence-corrected chi connectivity index (χ2v) is 5.54. The smallest absolute Gasteiger partial charge is 0.105 e. The predicted molar refractivity (Wildman–Crippen MR) is 88.8 cm³/mol. The second kappa shape index (κ2) is 5.88. The summed E-state index contributed by atoms with van der Waals surface area (Å²) in [6.07, 6.45) is 0.266. The van der Waals surface area contributed by atoms with Crippen LogP contribution in [-0.4, -0.2) is 5.11 Å². The molecule has 3 rings (SSSR count). The second-order valence-electron chi connectivity index (χ2n) is 5.14. The third-order valence-corrected chi connectivity index (χ3v) is 4.26. The molecule has 0 saturated carbocycles. The van der Waals surface area contributed by atoms with Crippen molar-refractivity contribution in [2.24, 2.45) is 0 Å². The van der Waals surface area contributed by atoms with Crippen molar-refractivity contribution in [3.63, 3.8) is 0 Å². The molecule has 1 unspecified atom stereocenters. The Bertz CT molecular complexity index is 779. The standard InChI is InChI=1S/C19H17ClO/c1-2-13-7-3-4-8-14(13)19(21)17-11-12-18(20)16-10-6-5-9-15(16)17/h3-12,19,21H,2H2,1H3. The number of benzene rings is 3. The van der Waals surface area contributed by atoms with Gasteiger partial charge in [-0.1, -0.05) is 73.1 Å². The number of rotatable bonds is 3. The van der Waals surface area contributed by atoms with E-state index in [1.807, 2.05) is 54.6 Å². The predicted octanol–water partition coefficient (Wildman–Crippen LogP) is 5.14. The molecule has 0 spiro atoms. The van der Waals surface area contributed by atoms with Crippen LogP contribution >= 0.6 is 11.6 Å². The number of halogens is 1. The molecule has 2 heteroatoms. The summed E-state index contributed by atoms with van der Waals surface area (Å²) in [5, 5.41) is 13.5. The molecule has 0 amide bonds. The lowest BCUT2D eigenvalue weighted by atomic mass is 9.92. The maximum absolute atomic E-state index is 10.8. The minimum Gasteiger partial charge on any atom is -0.384 e. The van der Waals surface area contributed by atoms with Gasteiger partial charge < -0.3 is 5.11 Å². The van der Waals surface area contributed by atoms with Crippen LogP contribution in [0.5, 0.6) is 0 Å². The molecule has 3 aromatic carbocycles. The van der Waals surface area contributed by atoms with Crippen molar-refractivity contribution in [3.05, 3.63) is 82.4 Å². The van der Waals surface area contributed by atoms with Crippen LogP contribution < -0.4 is 0 Å². The van der Waals surface area contributed by atoms with E-state index in [0.717, 1.165) is 28.3 Å². The first-order valence-electron chi connectivity index (χ1n) is 7.15. The van der Waals surface area contributed by atoms with Crippen molar-refractivity contribution in [1.82, 2.24) is 0 Å². The van der Waals surface area contributed by atoms with E-state index in [1.54, 1.807) is 0 Å². The SMILES string of the molecule is CCc1ccccc1C(O)c1ccc(Cl)c2ccccc12. The number of aryl methyl sites for hydroxylation is 1. The summed E-state index contributed by atoms with van der Waals surface area (Å²) >= 11 is 6.26. The molecule has 0 heterocycles. The Kier molecular flexibility index (Phi) is 3.96. The molecule has 0 aromatic heterocycles. The van der Waals surface area contributed by atoms with Gasteiger partial charge in [-0.3, -0.25) is 0 Å². The van der Waals surface area contributed by atoms with Gasteiger partial charge in [0.15, 0.2) is 0 Å². The van der Waals surface area contributed by atoms with Crippen molar-refractivity contribution in [1.29, 1.82) is 0 Å². The molecule has 0 bridgehead atoms. The lowest BCUT2D eigenvalue weighted by Gasteiger charge is -2.17. The summed E-state index contributed by atoms with van der Waals surface area (Å²) in [6.45, 7) is 2.10. The lowest BCUT2D eigenvalue weighted by Crippen LogP contribution is -2.04. The average Bonchev–Trinajstić information content (AvgIpc) is 2.55. The van der Waals surface area contributed by atoms with E-state index in [1.165, 1.54) is 5.56 Å². The quantitative estimate of drug-likeness (QED) is 0.710. The highest BCUT2D eigenvalue weighted by Crippen LogP contribution is 2.33. The van der Waals surface area contributed by atoms with E-state index < -0.39 is 6.10 Å². The highest BCUT2D eigenvalue weighted by Gasteiger charge is 2.16. The molecule has 21 heavy (non-hydrogen) atoms. The van der Waals surface area contributed by atoms with E-state index in [-0.39, 0.29) is 0 Å². The average molecular weight is 297 g/mol. The Balaban J connectivity index is 2.18. The van der Waals surface area contributed by atoms with Gasteiger partial charge in [0.05, 0.1) is 0 Å². The number of hydrogen-bond donors (Lipinski definition) is 1. The summed E-state index contributed by atoms with van der Waals surface area (Å²) < 4.78 is 0. The van der Waals surface area contributed by atoms with Crippen molar-refractivity contribution in [2.45, 2.75) is 19.4 Å². The monoisotopic (exact) mass is 296 g/mol. The Hall–Kier alpha value is -1.83. The number of aliphatic hydroxyl groups excluding tert-OH is 1. The zero-order chi connectivity index (χ0) is 14.8. The maximum Gasteiger partial charge on any atom is 0.105 e. The summed E-state index contributed by atoms with van der Waals surface area (Å²) in [6, 6.07) is 19.7. The van der Waals surface area contributed by atoms with Gasteiger partial charge in [0, 0.05) is 10.4 Å². The zero-order valence-electron chi connectivity index (χ0n) is 11.9. The number of fused-ring (bicyclic) bond motifs is 1. The molecular weight excluding hydrogens is 280 g/mol. The highest BCUT2D eigenvalue weighted by atomic mass is 35.5. The van der Waals surface area contributed by atoms with Gasteiger partial charge >= 0.3 is 0 Å². The van der Waals surface area contributed by atoms with Gasteiger partial charge in [-0.15, -0.1) is 0 Å². The molecule has 1 atom stereocenters. The number of hydrogen-bond acceptors (Lipinski definition) is 1. The van der Waals surface area contributed by atoms with Gasteiger partial charge in [-0.2, -0.15) is 0 Å². The molecular formula is C19H17ClO. The Morgan fingerprint density at radius 2 is 1.52 bits per heavy atom. The molecule has 0 fully saturated rings. The summed E-state index contributed by atoms with van der Waals surface area (Å²) in [5.74, 6) is 0. The molecule has 1 nitrogen and oxygen atoms in total. The summed E-state index contributed by atoms with van der Waals surface area (Å²) in [5.41, 5.74) is 3.03. The van der Waals surface area contributed by atoms with Crippen LogP contribution in [0.1, 0.15) is 29.7 Å². The third-order valence-electron chi connectivity index (χ3n) is 3.93. The Morgan fingerprint density at radius 1 is 0.857 bits per heavy atom. The van der Waals surface area contributed by atoms with Crippen LogP contribution in [0, 0.1) is 0 Å². The molecule has 1 N–H and O–H groups in total. The molecule has 0 saturated heterocycles. The topological polar surface area (TPSA) is 20.2 Å². The Morgan fingerprint density at radius 3 is 2.29 bits per heavy atom. The lowest BCUT2D eigenvalue weighted by molar-refractivity contribution is 0.221. The van der Waals surface area contributed by atoms with Crippen molar-refractivity contribution >= 4 is 22.4 Å². The van der Waals surface area contributed by atoms with Crippen LogP contribution in [-0.2, 0) is 6.42 Å². The fourth-order valence-electron chi connectivity index (χ4n) is 2.81. The van der Waals surface area contributed by atoms with Crippen LogP contribution in [0.2, 0.25) is 5.02 Å². The van der Waals surface area contributed by atoms with Crippen molar-refractivity contribution in [3.8, 4) is 0 Å². The molecule has 0 aliphatic rings. The van der Waals surface area contributed by atoms with Gasteiger partial charge in [0.1, 0.15) is 6.10 Å². The van der Waals surface area contributed by atoms with Crippen LogP contribution in [0.15, 0.2) is 60.7 Å². The number of aliphatic hydroxyl groups is 1. The first-order chi connectivity index (χ1) is 10.2. The van der Waals surface area contributed by atoms with E-state index in [2.05, 4.69) is 13.0 Å². The van der Waals surface area contributed by atoms with Gasteiger partial charge in [-0.05, 0) is 34.6 Å². The minimum absolute atomic E-state index is 0.636. The zero-order valence-corrected chi connectivity index (χ0v) is 12.6. The third kappa shape index (κ3) is 2.55. The summed E-state index contributed by atoms with van der Waals surface area (Å²) in [4.78, 5) is 0. The van der Waals surface area contributed by atoms with Gasteiger partial charge in [-0.25, -0.2) is 0 Å². The van der Waals surface area contributed by atoms with Crippen LogP contribution in [0.4, 0.5) is 0 Å². The highest BCUT2D eigenvalue weighted by molar-refractivity contribution is 6.35. The van der Waals surface area contributed by atoms with Crippen molar-refractivity contribution in [2.75, 3.05) is 0 Å². The normalized spacial score (nSPS) is 12.5. The van der Waals surface area contributed by atoms with E-state index in [0.29, 0.717) is 5.02 Å². The fourth-order valence-corrected chi connectivity index (χ4v) is 3.04. The minimum atomic E-state index is -0.636. The molecule has 0 radical (unpaired) electrons. The molecule has 0 aliphatic heterocycles. The van der Waals surface area contributed by atoms with Crippen LogP contribution in [0.25, 0.3) is 10.8 Å². The molecule has 0 aliphatic carbocycles. The molecule has 106 valence electrons. The molecule has 3 aromatic rings. The Labute approximate surface area is 129 Å². The van der Waals surface area contributed by atoms with E-state index >= 15 is 0 Å². The summed E-state index contributed by atoms with van der Waals surface area (Å²) in [7, 11) is 0. The fraction of sp³-hybridized carbons (Fsp3) is 0.158. The first-order valence-corrected chi connectivity index (χ1v) is 7.53. The first kappa shape index (κ1) is 14.1. The van der Waals surface area contributed by atoms with Crippen LogP contribution in [0.3, 0.4) is 0 Å².